The smallest absolute Gasteiger partial charge is 0.258 e. The summed E-state index contributed by atoms with van der Waals surface area (Å²) in [5.41, 5.74) is 0.817. The first kappa shape index (κ1) is 16.1. The molecule has 2 aliphatic rings. The van der Waals surface area contributed by atoms with Gasteiger partial charge in [-0.05, 0) is 37.1 Å². The molecule has 1 aliphatic carbocycles. The molecule has 1 atom stereocenters. The molecule has 1 aromatic carbocycles. The first-order valence-corrected chi connectivity index (χ1v) is 8.63. The molecule has 2 aromatic rings. The molecule has 0 N–H and O–H groups in total. The maximum Gasteiger partial charge on any atom is 0.258 e. The minimum absolute atomic E-state index is 0.193. The average Bonchev–Trinajstić information content (AvgIpc) is 3.10. The van der Waals surface area contributed by atoms with Crippen molar-refractivity contribution in [1.29, 1.82) is 0 Å². The third-order valence-electron chi connectivity index (χ3n) is 4.90. The molecule has 1 saturated heterocycles. The van der Waals surface area contributed by atoms with Gasteiger partial charge in [0.15, 0.2) is 0 Å². The topological polar surface area (TPSA) is 77.7 Å². The number of amides is 1. The van der Waals surface area contributed by atoms with Gasteiger partial charge in [-0.1, -0.05) is 11.6 Å². The van der Waals surface area contributed by atoms with Crippen molar-refractivity contribution in [2.45, 2.75) is 25.4 Å². The summed E-state index contributed by atoms with van der Waals surface area (Å²) < 4.78 is 16.3. The third-order valence-corrected chi connectivity index (χ3v) is 4.90. The molecule has 2 fully saturated rings. The van der Waals surface area contributed by atoms with E-state index in [1.807, 2.05) is 29.2 Å². The highest BCUT2D eigenvalue weighted by Crippen LogP contribution is 2.31. The van der Waals surface area contributed by atoms with Crippen LogP contribution in [-0.2, 0) is 9.53 Å². The van der Waals surface area contributed by atoms with Gasteiger partial charge in [-0.25, -0.2) is 0 Å². The highest BCUT2D eigenvalue weighted by atomic mass is 16.5. The van der Waals surface area contributed by atoms with E-state index < -0.39 is 0 Å². The Kier molecular flexibility index (Phi) is 4.40. The second-order valence-corrected chi connectivity index (χ2v) is 6.46. The zero-order chi connectivity index (χ0) is 17.2. The van der Waals surface area contributed by atoms with Gasteiger partial charge in [0, 0.05) is 18.0 Å². The van der Waals surface area contributed by atoms with E-state index in [0.717, 1.165) is 30.6 Å². The number of carbonyl (C=O) groups is 1. The molecule has 1 amide bonds. The summed E-state index contributed by atoms with van der Waals surface area (Å²) in [7, 11) is 1.62. The van der Waals surface area contributed by atoms with E-state index in [9.17, 15) is 4.79 Å². The van der Waals surface area contributed by atoms with E-state index in [1.165, 1.54) is 0 Å². The molecule has 2 heterocycles. The number of nitrogens with zero attached hydrogens (tertiary/aromatic N) is 3. The number of morpholine rings is 1. The largest absolute Gasteiger partial charge is 0.497 e. The molecular weight excluding hydrogens is 322 g/mol. The SMILES string of the molecule is COc1ccc(-c2nc([C@@H]3CN(C(=O)C4CCC4)CCO3)no2)cc1. The number of methoxy groups -OCH3 is 1. The summed E-state index contributed by atoms with van der Waals surface area (Å²) in [6.45, 7) is 1.61. The van der Waals surface area contributed by atoms with Crippen LogP contribution in [0.3, 0.4) is 0 Å². The Morgan fingerprint density at radius 1 is 1.28 bits per heavy atom. The monoisotopic (exact) mass is 343 g/mol. The zero-order valence-corrected chi connectivity index (χ0v) is 14.2. The maximum absolute atomic E-state index is 12.4. The highest BCUT2D eigenvalue weighted by molar-refractivity contribution is 5.79. The van der Waals surface area contributed by atoms with Gasteiger partial charge in [-0.2, -0.15) is 4.98 Å². The van der Waals surface area contributed by atoms with E-state index in [4.69, 9.17) is 14.0 Å². The standard InChI is InChI=1S/C18H21N3O4/c1-23-14-7-5-12(6-8-14)17-19-16(20-25-17)15-11-21(9-10-24-15)18(22)13-3-2-4-13/h5-8,13,15H,2-4,9-11H2,1H3/t15-/m0/s1. The van der Waals surface area contributed by atoms with E-state index in [2.05, 4.69) is 10.1 Å². The average molecular weight is 343 g/mol. The van der Waals surface area contributed by atoms with Crippen LogP contribution in [0, 0.1) is 5.92 Å². The Labute approximate surface area is 145 Å². The lowest BCUT2D eigenvalue weighted by Crippen LogP contribution is -2.46. The number of carbonyl (C=O) groups excluding carboxylic acids is 1. The maximum atomic E-state index is 12.4. The Morgan fingerprint density at radius 3 is 2.76 bits per heavy atom. The van der Waals surface area contributed by atoms with Gasteiger partial charge in [0.1, 0.15) is 11.9 Å². The van der Waals surface area contributed by atoms with E-state index in [1.54, 1.807) is 7.11 Å². The number of aromatic nitrogens is 2. The summed E-state index contributed by atoms with van der Waals surface area (Å²) in [5, 5.41) is 4.05. The summed E-state index contributed by atoms with van der Waals surface area (Å²) in [6, 6.07) is 7.42. The van der Waals surface area contributed by atoms with Crippen molar-refractivity contribution in [2.24, 2.45) is 5.92 Å². The van der Waals surface area contributed by atoms with Crippen LogP contribution in [-0.4, -0.2) is 47.8 Å². The Bertz CT molecular complexity index is 739. The summed E-state index contributed by atoms with van der Waals surface area (Å²) in [6.07, 6.45) is 2.82. The van der Waals surface area contributed by atoms with Crippen LogP contribution in [0.4, 0.5) is 0 Å². The van der Waals surface area contributed by atoms with E-state index >= 15 is 0 Å². The molecule has 132 valence electrons. The Hall–Kier alpha value is -2.41. The first-order chi connectivity index (χ1) is 12.2. The number of benzene rings is 1. The van der Waals surface area contributed by atoms with Crippen LogP contribution in [0.25, 0.3) is 11.5 Å². The van der Waals surface area contributed by atoms with Crippen LogP contribution in [0.1, 0.15) is 31.2 Å². The molecule has 0 radical (unpaired) electrons. The molecule has 0 unspecified atom stereocenters. The van der Waals surface area contributed by atoms with Crippen molar-refractivity contribution < 1.29 is 18.8 Å². The highest BCUT2D eigenvalue weighted by Gasteiger charge is 2.34. The number of hydrogen-bond acceptors (Lipinski definition) is 6. The molecule has 1 saturated carbocycles. The van der Waals surface area contributed by atoms with Gasteiger partial charge in [-0.15, -0.1) is 0 Å². The third kappa shape index (κ3) is 3.24. The predicted octanol–water partition coefficient (Wildman–Crippen LogP) is 2.45. The molecule has 0 spiro atoms. The molecule has 1 aromatic heterocycles. The minimum Gasteiger partial charge on any atom is -0.497 e. The fraction of sp³-hybridized carbons (Fsp3) is 0.500. The van der Waals surface area contributed by atoms with Gasteiger partial charge in [0.05, 0.1) is 20.3 Å². The molecular formula is C18H21N3O4. The van der Waals surface area contributed by atoms with Crippen LogP contribution in [0.5, 0.6) is 5.75 Å². The van der Waals surface area contributed by atoms with E-state index in [0.29, 0.717) is 31.4 Å². The fourth-order valence-corrected chi connectivity index (χ4v) is 3.14. The molecule has 4 rings (SSSR count). The fourth-order valence-electron chi connectivity index (χ4n) is 3.14. The lowest BCUT2D eigenvalue weighted by Gasteiger charge is -2.36. The van der Waals surface area contributed by atoms with Crippen LogP contribution in [0.15, 0.2) is 28.8 Å². The van der Waals surface area contributed by atoms with Crippen molar-refractivity contribution in [2.75, 3.05) is 26.8 Å². The summed E-state index contributed by atoms with van der Waals surface area (Å²) >= 11 is 0. The predicted molar refractivity (Wildman–Crippen MR) is 88.9 cm³/mol. The summed E-state index contributed by atoms with van der Waals surface area (Å²) in [5.74, 6) is 2.11. The van der Waals surface area contributed by atoms with Crippen molar-refractivity contribution in [3.63, 3.8) is 0 Å². The van der Waals surface area contributed by atoms with Gasteiger partial charge in [0.2, 0.25) is 11.7 Å². The first-order valence-electron chi connectivity index (χ1n) is 8.63. The van der Waals surface area contributed by atoms with Crippen LogP contribution in [0.2, 0.25) is 0 Å². The van der Waals surface area contributed by atoms with Gasteiger partial charge in [0.25, 0.3) is 5.89 Å². The zero-order valence-electron chi connectivity index (χ0n) is 14.2. The number of rotatable bonds is 4. The minimum atomic E-state index is -0.339. The lowest BCUT2D eigenvalue weighted by molar-refractivity contribution is -0.146. The number of hydrogen-bond donors (Lipinski definition) is 0. The van der Waals surface area contributed by atoms with Gasteiger partial charge in [-0.3, -0.25) is 4.79 Å². The number of ether oxygens (including phenoxy) is 2. The Balaban J connectivity index is 1.46. The van der Waals surface area contributed by atoms with Crippen molar-refractivity contribution in [3.05, 3.63) is 30.1 Å². The van der Waals surface area contributed by atoms with Crippen molar-refractivity contribution >= 4 is 5.91 Å². The summed E-state index contributed by atoms with van der Waals surface area (Å²) in [4.78, 5) is 18.8. The molecule has 25 heavy (non-hydrogen) atoms. The Morgan fingerprint density at radius 2 is 2.08 bits per heavy atom. The van der Waals surface area contributed by atoms with Crippen molar-refractivity contribution in [3.8, 4) is 17.2 Å². The molecule has 7 nitrogen and oxygen atoms in total. The van der Waals surface area contributed by atoms with Gasteiger partial charge < -0.3 is 18.9 Å². The van der Waals surface area contributed by atoms with E-state index in [-0.39, 0.29) is 17.9 Å². The van der Waals surface area contributed by atoms with Gasteiger partial charge >= 0.3 is 0 Å². The van der Waals surface area contributed by atoms with Crippen LogP contribution >= 0.6 is 0 Å². The normalized spacial score (nSPS) is 21.0. The van der Waals surface area contributed by atoms with Crippen molar-refractivity contribution in [1.82, 2.24) is 15.0 Å². The quantitative estimate of drug-likeness (QED) is 0.848. The molecule has 7 heteroatoms. The lowest BCUT2D eigenvalue weighted by atomic mass is 9.84. The second kappa shape index (κ2) is 6.84. The van der Waals surface area contributed by atoms with Crippen LogP contribution < -0.4 is 4.74 Å². The molecule has 1 aliphatic heterocycles. The molecule has 0 bridgehead atoms. The second-order valence-electron chi connectivity index (χ2n) is 6.46.